The number of carbonyl (C=O) groups excluding carboxylic acids is 1. The Labute approximate surface area is 123 Å². The molecule has 0 radical (unpaired) electrons. The number of rotatable bonds is 2. The summed E-state index contributed by atoms with van der Waals surface area (Å²) in [6, 6.07) is 7.04. The molecule has 112 valence electrons. The number of hydrogen-bond donors (Lipinski definition) is 2. The molecule has 0 aliphatic carbocycles. The Morgan fingerprint density at radius 3 is 2.67 bits per heavy atom. The Hall–Kier alpha value is -1.88. The van der Waals surface area contributed by atoms with Crippen molar-refractivity contribution in [1.82, 2.24) is 10.2 Å². The van der Waals surface area contributed by atoms with E-state index in [0.29, 0.717) is 19.5 Å². The lowest BCUT2D eigenvalue weighted by Crippen LogP contribution is -2.52. The van der Waals surface area contributed by atoms with E-state index in [1.807, 2.05) is 24.3 Å². The SMILES string of the molecule is O=C(O)[C@@H]1Cc2ccccc2CN1C(=O)[C@@H]1CCCNC1. The van der Waals surface area contributed by atoms with Crippen molar-refractivity contribution < 1.29 is 14.7 Å². The molecule has 2 heterocycles. The second-order valence-corrected chi connectivity index (χ2v) is 5.84. The Morgan fingerprint density at radius 1 is 1.24 bits per heavy atom. The lowest BCUT2D eigenvalue weighted by atomic mass is 9.91. The second kappa shape index (κ2) is 5.85. The molecule has 2 aliphatic heterocycles. The highest BCUT2D eigenvalue weighted by atomic mass is 16.4. The first-order valence-electron chi connectivity index (χ1n) is 7.47. The van der Waals surface area contributed by atoms with Gasteiger partial charge >= 0.3 is 5.97 Å². The van der Waals surface area contributed by atoms with Crippen molar-refractivity contribution in [3.05, 3.63) is 35.4 Å². The molecule has 1 saturated heterocycles. The van der Waals surface area contributed by atoms with Crippen LogP contribution < -0.4 is 5.32 Å². The summed E-state index contributed by atoms with van der Waals surface area (Å²) in [5.41, 5.74) is 2.10. The van der Waals surface area contributed by atoms with E-state index in [1.54, 1.807) is 4.90 Å². The predicted molar refractivity (Wildman–Crippen MR) is 77.7 cm³/mol. The summed E-state index contributed by atoms with van der Waals surface area (Å²) in [5, 5.41) is 12.7. The average molecular weight is 288 g/mol. The van der Waals surface area contributed by atoms with Crippen LogP contribution in [-0.4, -0.2) is 41.0 Å². The summed E-state index contributed by atoms with van der Waals surface area (Å²) in [6.45, 7) is 2.00. The molecular formula is C16H20N2O3. The largest absolute Gasteiger partial charge is 0.480 e. The van der Waals surface area contributed by atoms with Crippen molar-refractivity contribution in [2.24, 2.45) is 5.92 Å². The van der Waals surface area contributed by atoms with Gasteiger partial charge in [0.25, 0.3) is 0 Å². The van der Waals surface area contributed by atoms with Crippen LogP contribution in [0.5, 0.6) is 0 Å². The number of fused-ring (bicyclic) bond motifs is 1. The highest BCUT2D eigenvalue weighted by Crippen LogP contribution is 2.26. The van der Waals surface area contributed by atoms with Crippen molar-refractivity contribution in [2.45, 2.75) is 31.8 Å². The Kier molecular flexibility index (Phi) is 3.92. The Balaban J connectivity index is 1.85. The number of nitrogens with one attached hydrogen (secondary N) is 1. The van der Waals surface area contributed by atoms with Crippen molar-refractivity contribution in [3.8, 4) is 0 Å². The van der Waals surface area contributed by atoms with E-state index in [0.717, 1.165) is 30.5 Å². The van der Waals surface area contributed by atoms with Gasteiger partial charge in [0.1, 0.15) is 6.04 Å². The minimum absolute atomic E-state index is 0.0240. The maximum absolute atomic E-state index is 12.7. The molecule has 0 saturated carbocycles. The number of hydrogen-bond acceptors (Lipinski definition) is 3. The number of benzene rings is 1. The van der Waals surface area contributed by atoms with Crippen molar-refractivity contribution in [3.63, 3.8) is 0 Å². The van der Waals surface area contributed by atoms with Gasteiger partial charge in [-0.25, -0.2) is 4.79 Å². The third-order valence-corrected chi connectivity index (χ3v) is 4.46. The number of piperidine rings is 1. The Morgan fingerprint density at radius 2 is 2.00 bits per heavy atom. The molecule has 1 aromatic carbocycles. The third-order valence-electron chi connectivity index (χ3n) is 4.46. The quantitative estimate of drug-likeness (QED) is 0.852. The van der Waals surface area contributed by atoms with Crippen LogP contribution in [0.15, 0.2) is 24.3 Å². The topological polar surface area (TPSA) is 69.6 Å². The van der Waals surface area contributed by atoms with Gasteiger partial charge in [0.2, 0.25) is 5.91 Å². The van der Waals surface area contributed by atoms with Gasteiger partial charge in [-0.2, -0.15) is 0 Å². The molecule has 2 aliphatic rings. The van der Waals surface area contributed by atoms with Crippen LogP contribution in [0.4, 0.5) is 0 Å². The molecule has 0 aromatic heterocycles. The van der Waals surface area contributed by atoms with E-state index in [4.69, 9.17) is 0 Å². The smallest absolute Gasteiger partial charge is 0.326 e. The second-order valence-electron chi connectivity index (χ2n) is 5.84. The fraction of sp³-hybridized carbons (Fsp3) is 0.500. The molecular weight excluding hydrogens is 268 g/mol. The number of amides is 1. The van der Waals surface area contributed by atoms with Crippen molar-refractivity contribution >= 4 is 11.9 Å². The summed E-state index contributed by atoms with van der Waals surface area (Å²) in [6.07, 6.45) is 2.21. The molecule has 1 fully saturated rings. The fourth-order valence-corrected chi connectivity index (χ4v) is 3.27. The number of nitrogens with zero attached hydrogens (tertiary/aromatic N) is 1. The van der Waals surface area contributed by atoms with Gasteiger partial charge < -0.3 is 15.3 Å². The zero-order valence-corrected chi connectivity index (χ0v) is 11.9. The normalized spacial score (nSPS) is 25.2. The number of aliphatic carboxylic acids is 1. The van der Waals surface area contributed by atoms with E-state index in [2.05, 4.69) is 5.32 Å². The first-order chi connectivity index (χ1) is 10.2. The standard InChI is InChI=1S/C16H20N2O3/c19-15(12-6-3-7-17-9-12)18-10-13-5-2-1-4-11(13)8-14(18)16(20)21/h1-2,4-5,12,14,17H,3,6-10H2,(H,20,21)/t12-,14+/m1/s1. The third kappa shape index (κ3) is 2.78. The van der Waals surface area contributed by atoms with Crippen LogP contribution in [0, 0.1) is 5.92 Å². The van der Waals surface area contributed by atoms with Gasteiger partial charge in [0.05, 0.1) is 5.92 Å². The summed E-state index contributed by atoms with van der Waals surface area (Å²) >= 11 is 0. The van der Waals surface area contributed by atoms with E-state index >= 15 is 0 Å². The summed E-state index contributed by atoms with van der Waals surface area (Å²) in [5.74, 6) is -1.03. The van der Waals surface area contributed by atoms with Crippen LogP contribution >= 0.6 is 0 Å². The van der Waals surface area contributed by atoms with Crippen LogP contribution in [0.25, 0.3) is 0 Å². The Bertz CT molecular complexity index is 552. The maximum atomic E-state index is 12.7. The van der Waals surface area contributed by atoms with Gasteiger partial charge in [0.15, 0.2) is 0 Å². The lowest BCUT2D eigenvalue weighted by Gasteiger charge is -2.37. The number of carboxylic acids is 1. The van der Waals surface area contributed by atoms with Crippen LogP contribution in [0.2, 0.25) is 0 Å². The van der Waals surface area contributed by atoms with Gasteiger partial charge in [-0.3, -0.25) is 4.79 Å². The molecule has 2 N–H and O–H groups in total. The number of carbonyl (C=O) groups is 2. The molecule has 1 aromatic rings. The van der Waals surface area contributed by atoms with Crippen molar-refractivity contribution in [2.75, 3.05) is 13.1 Å². The highest BCUT2D eigenvalue weighted by Gasteiger charge is 2.37. The summed E-state index contributed by atoms with van der Waals surface area (Å²) in [7, 11) is 0. The molecule has 0 unspecified atom stereocenters. The van der Waals surface area contributed by atoms with Gasteiger partial charge in [-0.15, -0.1) is 0 Å². The maximum Gasteiger partial charge on any atom is 0.326 e. The monoisotopic (exact) mass is 288 g/mol. The van der Waals surface area contributed by atoms with E-state index in [-0.39, 0.29) is 11.8 Å². The van der Waals surface area contributed by atoms with E-state index in [9.17, 15) is 14.7 Å². The van der Waals surface area contributed by atoms with Gasteiger partial charge in [0, 0.05) is 19.5 Å². The van der Waals surface area contributed by atoms with Crippen molar-refractivity contribution in [1.29, 1.82) is 0 Å². The van der Waals surface area contributed by atoms with Gasteiger partial charge in [-0.1, -0.05) is 24.3 Å². The molecule has 0 spiro atoms. The van der Waals surface area contributed by atoms with Gasteiger partial charge in [-0.05, 0) is 30.5 Å². The summed E-state index contributed by atoms with van der Waals surface area (Å²) < 4.78 is 0. The van der Waals surface area contributed by atoms with E-state index < -0.39 is 12.0 Å². The average Bonchev–Trinajstić information content (AvgIpc) is 2.53. The minimum Gasteiger partial charge on any atom is -0.480 e. The molecule has 5 heteroatoms. The molecule has 2 atom stereocenters. The van der Waals surface area contributed by atoms with E-state index in [1.165, 1.54) is 0 Å². The fourth-order valence-electron chi connectivity index (χ4n) is 3.27. The van der Waals surface area contributed by atoms with Crippen LogP contribution in [0.1, 0.15) is 24.0 Å². The zero-order valence-electron chi connectivity index (χ0n) is 11.9. The predicted octanol–water partition coefficient (Wildman–Crippen LogP) is 1.02. The molecule has 21 heavy (non-hydrogen) atoms. The number of carboxylic acid groups (broad SMARTS) is 1. The first kappa shape index (κ1) is 14.1. The molecule has 1 amide bonds. The van der Waals surface area contributed by atoms with Crippen LogP contribution in [0.3, 0.4) is 0 Å². The van der Waals surface area contributed by atoms with Crippen LogP contribution in [-0.2, 0) is 22.6 Å². The molecule has 3 rings (SSSR count). The molecule has 0 bridgehead atoms. The zero-order chi connectivity index (χ0) is 14.8. The lowest BCUT2D eigenvalue weighted by molar-refractivity contribution is -0.153. The minimum atomic E-state index is -0.915. The highest BCUT2D eigenvalue weighted by molar-refractivity contribution is 5.86. The summed E-state index contributed by atoms with van der Waals surface area (Å²) in [4.78, 5) is 25.8. The molecule has 5 nitrogen and oxygen atoms in total. The first-order valence-corrected chi connectivity index (χ1v) is 7.47.